The fourth-order valence-electron chi connectivity index (χ4n) is 1.72. The van der Waals surface area contributed by atoms with Gasteiger partial charge in [0.15, 0.2) is 5.16 Å². The van der Waals surface area contributed by atoms with Crippen molar-refractivity contribution in [3.8, 4) is 0 Å². The molecule has 1 aromatic heterocycles. The molecule has 14 heavy (non-hydrogen) atoms. The molecule has 2 N–H and O–H groups in total. The van der Waals surface area contributed by atoms with Crippen LogP contribution in [0.5, 0.6) is 0 Å². The van der Waals surface area contributed by atoms with Gasteiger partial charge in [-0.3, -0.25) is 0 Å². The van der Waals surface area contributed by atoms with Gasteiger partial charge in [0.05, 0.1) is 0 Å². The normalized spacial score (nSPS) is 16.4. The predicted molar refractivity (Wildman–Crippen MR) is 57.4 cm³/mol. The Kier molecular flexibility index (Phi) is 3.42. The van der Waals surface area contributed by atoms with Crippen molar-refractivity contribution in [1.82, 2.24) is 14.8 Å². The van der Waals surface area contributed by atoms with Crippen LogP contribution in [-0.4, -0.2) is 27.1 Å². The molecule has 0 spiro atoms. The summed E-state index contributed by atoms with van der Waals surface area (Å²) in [5, 5.41) is 9.47. The van der Waals surface area contributed by atoms with E-state index >= 15 is 0 Å². The van der Waals surface area contributed by atoms with E-state index in [4.69, 9.17) is 5.73 Å². The highest BCUT2D eigenvalue weighted by Gasteiger charge is 2.14. The Morgan fingerprint density at radius 3 is 3.07 bits per heavy atom. The second-order valence-corrected chi connectivity index (χ2v) is 4.56. The first-order valence-electron chi connectivity index (χ1n) is 5.17. The van der Waals surface area contributed by atoms with Crippen LogP contribution in [0.1, 0.15) is 25.1 Å². The summed E-state index contributed by atoms with van der Waals surface area (Å²) < 4.78 is 2.26. The van der Waals surface area contributed by atoms with Crippen LogP contribution in [0, 0.1) is 0 Å². The Morgan fingerprint density at radius 1 is 1.29 bits per heavy atom. The minimum Gasteiger partial charge on any atom is -0.330 e. The molecule has 0 aliphatic carbocycles. The molecule has 0 saturated carbocycles. The van der Waals surface area contributed by atoms with Crippen molar-refractivity contribution in [2.24, 2.45) is 5.73 Å². The minimum absolute atomic E-state index is 0.701. The molecule has 1 aliphatic heterocycles. The topological polar surface area (TPSA) is 56.7 Å². The lowest BCUT2D eigenvalue weighted by molar-refractivity contribution is 0.591. The molecule has 0 amide bonds. The summed E-state index contributed by atoms with van der Waals surface area (Å²) in [6.07, 6.45) is 4.89. The summed E-state index contributed by atoms with van der Waals surface area (Å²) >= 11 is 1.72. The van der Waals surface area contributed by atoms with Crippen LogP contribution < -0.4 is 5.73 Å². The highest BCUT2D eigenvalue weighted by Crippen LogP contribution is 2.20. The van der Waals surface area contributed by atoms with Crippen LogP contribution in [0.3, 0.4) is 0 Å². The van der Waals surface area contributed by atoms with E-state index in [9.17, 15) is 0 Å². The first kappa shape index (κ1) is 9.98. The lowest BCUT2D eigenvalue weighted by atomic mass is 10.2. The van der Waals surface area contributed by atoms with Gasteiger partial charge in [0.1, 0.15) is 5.82 Å². The standard InChI is InChI=1S/C9H16N4S/c10-5-7-14-9-12-11-8-4-2-1-3-6-13(8)9/h1-7,10H2. The fourth-order valence-corrected chi connectivity index (χ4v) is 2.47. The molecule has 5 heteroatoms. The molecule has 4 nitrogen and oxygen atoms in total. The molecule has 0 bridgehead atoms. The van der Waals surface area contributed by atoms with E-state index in [0.29, 0.717) is 6.54 Å². The van der Waals surface area contributed by atoms with E-state index in [1.54, 1.807) is 11.8 Å². The van der Waals surface area contributed by atoms with Gasteiger partial charge in [-0.05, 0) is 12.8 Å². The number of hydrogen-bond acceptors (Lipinski definition) is 4. The van der Waals surface area contributed by atoms with Gasteiger partial charge in [-0.2, -0.15) is 0 Å². The Morgan fingerprint density at radius 2 is 2.21 bits per heavy atom. The predicted octanol–water partition coefficient (Wildman–Crippen LogP) is 1.06. The van der Waals surface area contributed by atoms with E-state index in [2.05, 4.69) is 14.8 Å². The van der Waals surface area contributed by atoms with E-state index in [1.807, 2.05) is 0 Å². The fraction of sp³-hybridized carbons (Fsp3) is 0.778. The molecule has 0 fully saturated rings. The van der Waals surface area contributed by atoms with Crippen molar-refractivity contribution in [1.29, 1.82) is 0 Å². The number of aromatic nitrogens is 3. The maximum atomic E-state index is 5.47. The lowest BCUT2D eigenvalue weighted by Gasteiger charge is -2.04. The van der Waals surface area contributed by atoms with Crippen LogP contribution in [0.25, 0.3) is 0 Å². The molecular weight excluding hydrogens is 196 g/mol. The second-order valence-electron chi connectivity index (χ2n) is 3.50. The maximum Gasteiger partial charge on any atom is 0.191 e. The third kappa shape index (κ3) is 2.09. The summed E-state index contributed by atoms with van der Waals surface area (Å²) in [6, 6.07) is 0. The summed E-state index contributed by atoms with van der Waals surface area (Å²) in [7, 11) is 0. The Hall–Kier alpha value is -0.550. The zero-order valence-electron chi connectivity index (χ0n) is 8.28. The number of rotatable bonds is 3. The molecule has 0 saturated heterocycles. The molecule has 0 aromatic carbocycles. The maximum absolute atomic E-state index is 5.47. The van der Waals surface area contributed by atoms with Gasteiger partial charge >= 0.3 is 0 Å². The molecule has 2 heterocycles. The zero-order chi connectivity index (χ0) is 9.80. The van der Waals surface area contributed by atoms with Crippen molar-refractivity contribution in [2.45, 2.75) is 37.4 Å². The van der Waals surface area contributed by atoms with Crippen LogP contribution >= 0.6 is 11.8 Å². The molecule has 78 valence electrons. The summed E-state index contributed by atoms with van der Waals surface area (Å²) in [5.74, 6) is 2.08. The van der Waals surface area contributed by atoms with Crippen LogP contribution in [0.15, 0.2) is 5.16 Å². The summed E-state index contributed by atoms with van der Waals surface area (Å²) in [4.78, 5) is 0. The summed E-state index contributed by atoms with van der Waals surface area (Å²) in [6.45, 7) is 1.78. The van der Waals surface area contributed by atoms with Gasteiger partial charge in [-0.1, -0.05) is 18.2 Å². The van der Waals surface area contributed by atoms with Gasteiger partial charge in [0.25, 0.3) is 0 Å². The Labute approximate surface area is 88.3 Å². The monoisotopic (exact) mass is 212 g/mol. The Bertz CT molecular complexity index is 297. The smallest absolute Gasteiger partial charge is 0.191 e. The molecule has 0 radical (unpaired) electrons. The number of thioether (sulfide) groups is 1. The van der Waals surface area contributed by atoms with Crippen LogP contribution in [0.4, 0.5) is 0 Å². The largest absolute Gasteiger partial charge is 0.330 e. The first-order valence-corrected chi connectivity index (χ1v) is 6.15. The van der Waals surface area contributed by atoms with Gasteiger partial charge in [-0.25, -0.2) is 0 Å². The Balaban J connectivity index is 2.12. The number of nitrogens with two attached hydrogens (primary N) is 1. The van der Waals surface area contributed by atoms with Gasteiger partial charge in [-0.15, -0.1) is 10.2 Å². The number of nitrogens with zero attached hydrogens (tertiary/aromatic N) is 3. The highest BCUT2D eigenvalue weighted by atomic mass is 32.2. The summed E-state index contributed by atoms with van der Waals surface area (Å²) in [5.41, 5.74) is 5.47. The molecule has 1 aliphatic rings. The lowest BCUT2D eigenvalue weighted by Crippen LogP contribution is -2.05. The first-order chi connectivity index (χ1) is 6.92. The SMILES string of the molecule is NCCSc1nnc2n1CCCCC2. The second kappa shape index (κ2) is 4.79. The molecule has 1 aromatic rings. The number of aryl methyl sites for hydroxylation is 1. The average Bonchev–Trinajstić information content (AvgIpc) is 2.45. The van der Waals surface area contributed by atoms with Gasteiger partial charge < -0.3 is 10.3 Å². The van der Waals surface area contributed by atoms with Crippen molar-refractivity contribution in [3.05, 3.63) is 5.82 Å². The molecule has 0 atom stereocenters. The third-order valence-electron chi connectivity index (χ3n) is 2.42. The third-order valence-corrected chi connectivity index (χ3v) is 3.42. The van der Waals surface area contributed by atoms with Crippen LogP contribution in [0.2, 0.25) is 0 Å². The van der Waals surface area contributed by atoms with Crippen molar-refractivity contribution >= 4 is 11.8 Å². The van der Waals surface area contributed by atoms with Crippen molar-refractivity contribution in [2.75, 3.05) is 12.3 Å². The highest BCUT2D eigenvalue weighted by molar-refractivity contribution is 7.99. The van der Waals surface area contributed by atoms with E-state index in [0.717, 1.165) is 29.7 Å². The number of fused-ring (bicyclic) bond motifs is 1. The van der Waals surface area contributed by atoms with Crippen molar-refractivity contribution < 1.29 is 0 Å². The van der Waals surface area contributed by atoms with Gasteiger partial charge in [0.2, 0.25) is 0 Å². The average molecular weight is 212 g/mol. The minimum atomic E-state index is 0.701. The van der Waals surface area contributed by atoms with E-state index in [1.165, 1.54) is 19.3 Å². The number of hydrogen-bond donors (Lipinski definition) is 1. The molecule has 2 rings (SSSR count). The van der Waals surface area contributed by atoms with E-state index in [-0.39, 0.29) is 0 Å². The van der Waals surface area contributed by atoms with Gasteiger partial charge in [0, 0.05) is 25.3 Å². The molecule has 0 unspecified atom stereocenters. The zero-order valence-corrected chi connectivity index (χ0v) is 9.09. The quantitative estimate of drug-likeness (QED) is 0.761. The van der Waals surface area contributed by atoms with Crippen molar-refractivity contribution in [3.63, 3.8) is 0 Å². The van der Waals surface area contributed by atoms with Crippen LogP contribution in [-0.2, 0) is 13.0 Å². The molecular formula is C9H16N4S. The van der Waals surface area contributed by atoms with E-state index < -0.39 is 0 Å².